The van der Waals surface area contributed by atoms with Crippen LogP contribution in [0.4, 0.5) is 36.4 Å². The molecule has 1 aliphatic carbocycles. The Morgan fingerprint density at radius 3 is 2.62 bits per heavy atom. The van der Waals surface area contributed by atoms with Crippen molar-refractivity contribution in [3.05, 3.63) is 17.5 Å². The van der Waals surface area contributed by atoms with Gasteiger partial charge in [0.2, 0.25) is 11.9 Å². The molecule has 2 aromatic rings. The molecule has 0 bridgehead atoms. The van der Waals surface area contributed by atoms with Crippen LogP contribution >= 0.6 is 0 Å². The minimum Gasteiger partial charge on any atom is -0.382 e. The summed E-state index contributed by atoms with van der Waals surface area (Å²) in [6.45, 7) is 5.91. The summed E-state index contributed by atoms with van der Waals surface area (Å²) in [7, 11) is 1.84. The molecule has 1 atom stereocenters. The molecule has 1 aliphatic heterocycles. The number of amides is 1. The number of nitrogen functional groups attached to an aromatic ring is 1. The van der Waals surface area contributed by atoms with Gasteiger partial charge >= 0.3 is 6.18 Å². The number of hydrogen-bond acceptors (Lipinski definition) is 7. The highest BCUT2D eigenvalue weighted by Crippen LogP contribution is 2.37. The highest BCUT2D eigenvalue weighted by Gasteiger charge is 2.39. The van der Waals surface area contributed by atoms with E-state index in [1.807, 2.05) is 25.8 Å². The first-order valence-corrected chi connectivity index (χ1v) is 10.5. The first-order chi connectivity index (χ1) is 14.9. The number of aromatic nitrogens is 4. The standard InChI is InChI=1S/C20H27F3N8O/c1-9(2)16-18(32)27-15-10(3)25-19(28-17(15)30(16)4)26-12-5-11(6-12)8-31-13(20(21,22)23)7-14(24)29-31/h7,9,11-12,16H,5-6,8H2,1-4H3,(H2,24,29)(H,27,32)(H,25,26,28)/t11?,12?,16-/m0/s1. The van der Waals surface area contributed by atoms with Gasteiger partial charge in [0.1, 0.15) is 23.2 Å². The van der Waals surface area contributed by atoms with Gasteiger partial charge in [-0.15, -0.1) is 0 Å². The van der Waals surface area contributed by atoms with Gasteiger partial charge in [-0.3, -0.25) is 9.48 Å². The third kappa shape index (κ3) is 4.05. The summed E-state index contributed by atoms with van der Waals surface area (Å²) >= 11 is 0. The molecule has 1 fully saturated rings. The summed E-state index contributed by atoms with van der Waals surface area (Å²) in [6, 6.07) is 0.573. The van der Waals surface area contributed by atoms with Gasteiger partial charge in [-0.2, -0.15) is 23.3 Å². The summed E-state index contributed by atoms with van der Waals surface area (Å²) in [5.41, 5.74) is 5.89. The molecule has 32 heavy (non-hydrogen) atoms. The SMILES string of the molecule is Cc1nc(NC2CC(Cn3nc(N)cc3C(F)(F)F)C2)nc2c1NC(=O)[C@H](C(C)C)N2C. The monoisotopic (exact) mass is 452 g/mol. The van der Waals surface area contributed by atoms with E-state index in [0.717, 1.165) is 10.7 Å². The van der Waals surface area contributed by atoms with Gasteiger partial charge in [-0.05, 0) is 31.6 Å². The summed E-state index contributed by atoms with van der Waals surface area (Å²) in [5.74, 6) is 1.01. The highest BCUT2D eigenvalue weighted by molar-refractivity contribution is 6.03. The number of nitrogens with zero attached hydrogens (tertiary/aromatic N) is 5. The van der Waals surface area contributed by atoms with E-state index in [-0.39, 0.29) is 42.2 Å². The number of carbonyl (C=O) groups is 1. The van der Waals surface area contributed by atoms with Gasteiger partial charge in [0.05, 0.1) is 5.69 Å². The normalized spacial score (nSPS) is 23.1. The molecular formula is C20H27F3N8O. The zero-order chi connectivity index (χ0) is 23.4. The number of rotatable bonds is 5. The van der Waals surface area contributed by atoms with Crippen LogP contribution < -0.4 is 21.3 Å². The lowest BCUT2D eigenvalue weighted by Crippen LogP contribution is -2.50. The molecule has 2 aliphatic rings. The molecule has 9 nitrogen and oxygen atoms in total. The summed E-state index contributed by atoms with van der Waals surface area (Å²) in [5, 5.41) is 9.97. The number of aryl methyl sites for hydroxylation is 1. The number of fused-ring (bicyclic) bond motifs is 1. The fourth-order valence-electron chi connectivity index (χ4n) is 4.51. The maximum atomic E-state index is 13.1. The maximum Gasteiger partial charge on any atom is 0.433 e. The van der Waals surface area contributed by atoms with E-state index in [9.17, 15) is 18.0 Å². The zero-order valence-electron chi connectivity index (χ0n) is 18.4. The number of alkyl halides is 3. The Kier molecular flexibility index (Phi) is 5.41. The number of nitrogens with two attached hydrogens (primary N) is 1. The van der Waals surface area contributed by atoms with Crippen LogP contribution in [0.3, 0.4) is 0 Å². The second-order valence-corrected chi connectivity index (χ2v) is 8.93. The van der Waals surface area contributed by atoms with Gasteiger partial charge in [0, 0.05) is 25.7 Å². The molecule has 4 N–H and O–H groups in total. The zero-order valence-corrected chi connectivity index (χ0v) is 18.4. The highest BCUT2D eigenvalue weighted by atomic mass is 19.4. The van der Waals surface area contributed by atoms with Crippen LogP contribution in [-0.2, 0) is 17.5 Å². The Morgan fingerprint density at radius 1 is 1.31 bits per heavy atom. The molecular weight excluding hydrogens is 425 g/mol. The number of hydrogen-bond donors (Lipinski definition) is 3. The lowest BCUT2D eigenvalue weighted by Gasteiger charge is -2.38. The molecule has 3 heterocycles. The second-order valence-electron chi connectivity index (χ2n) is 8.93. The molecule has 2 aromatic heterocycles. The van der Waals surface area contributed by atoms with Gasteiger partial charge in [0.15, 0.2) is 5.82 Å². The minimum absolute atomic E-state index is 0.0407. The Hall–Kier alpha value is -3.05. The van der Waals surface area contributed by atoms with Crippen LogP contribution in [0.2, 0.25) is 0 Å². The number of anilines is 4. The van der Waals surface area contributed by atoms with Gasteiger partial charge in [-0.25, -0.2) is 4.98 Å². The summed E-state index contributed by atoms with van der Waals surface area (Å²) in [6.07, 6.45) is -3.16. The lowest BCUT2D eigenvalue weighted by molar-refractivity contribution is -0.144. The largest absolute Gasteiger partial charge is 0.433 e. The van der Waals surface area contributed by atoms with Crippen molar-refractivity contribution in [2.75, 3.05) is 28.3 Å². The predicted molar refractivity (Wildman–Crippen MR) is 114 cm³/mol. The number of likely N-dealkylation sites (N-methyl/N-ethyl adjacent to an activating group) is 1. The average molecular weight is 452 g/mol. The van der Waals surface area contributed by atoms with Crippen molar-refractivity contribution in [3.8, 4) is 0 Å². The number of carbonyl (C=O) groups excluding carboxylic acids is 1. The minimum atomic E-state index is -4.49. The van der Waals surface area contributed by atoms with Crippen molar-refractivity contribution >= 4 is 29.2 Å². The lowest BCUT2D eigenvalue weighted by atomic mass is 9.80. The Labute approximate surface area is 183 Å². The molecule has 174 valence electrons. The molecule has 0 radical (unpaired) electrons. The first kappa shape index (κ1) is 22.2. The molecule has 1 saturated carbocycles. The van der Waals surface area contributed by atoms with Crippen molar-refractivity contribution in [1.82, 2.24) is 19.7 Å². The van der Waals surface area contributed by atoms with Gasteiger partial charge < -0.3 is 21.3 Å². The van der Waals surface area contributed by atoms with Crippen molar-refractivity contribution in [1.29, 1.82) is 0 Å². The topological polar surface area (TPSA) is 114 Å². The summed E-state index contributed by atoms with van der Waals surface area (Å²) in [4.78, 5) is 23.4. The molecule has 0 saturated heterocycles. The Morgan fingerprint density at radius 2 is 2.00 bits per heavy atom. The van der Waals surface area contributed by atoms with E-state index in [1.54, 1.807) is 6.92 Å². The Bertz CT molecular complexity index is 1030. The Balaban J connectivity index is 1.42. The van der Waals surface area contributed by atoms with E-state index >= 15 is 0 Å². The van der Waals surface area contributed by atoms with E-state index in [4.69, 9.17) is 5.73 Å². The van der Waals surface area contributed by atoms with Crippen LogP contribution in [-0.4, -0.2) is 44.8 Å². The van der Waals surface area contributed by atoms with Crippen LogP contribution in [0, 0.1) is 18.8 Å². The first-order valence-electron chi connectivity index (χ1n) is 10.5. The van der Waals surface area contributed by atoms with Crippen molar-refractivity contribution < 1.29 is 18.0 Å². The van der Waals surface area contributed by atoms with Gasteiger partial charge in [0.25, 0.3) is 0 Å². The quantitative estimate of drug-likeness (QED) is 0.639. The van der Waals surface area contributed by atoms with E-state index in [0.29, 0.717) is 36.0 Å². The van der Waals surface area contributed by atoms with E-state index in [1.165, 1.54) is 0 Å². The average Bonchev–Trinajstić information content (AvgIpc) is 3.01. The molecule has 0 unspecified atom stereocenters. The molecule has 12 heteroatoms. The molecule has 0 spiro atoms. The van der Waals surface area contributed by atoms with Crippen LogP contribution in [0.5, 0.6) is 0 Å². The number of halogens is 3. The molecule has 4 rings (SSSR count). The smallest absolute Gasteiger partial charge is 0.382 e. The summed E-state index contributed by atoms with van der Waals surface area (Å²) < 4.78 is 40.3. The number of nitrogens with one attached hydrogen (secondary N) is 2. The van der Waals surface area contributed by atoms with E-state index in [2.05, 4.69) is 25.7 Å². The maximum absolute atomic E-state index is 13.1. The van der Waals surface area contributed by atoms with Crippen LogP contribution in [0.25, 0.3) is 0 Å². The molecule has 1 amide bonds. The van der Waals surface area contributed by atoms with Gasteiger partial charge in [-0.1, -0.05) is 13.8 Å². The fraction of sp³-hybridized carbons (Fsp3) is 0.600. The molecule has 0 aromatic carbocycles. The van der Waals surface area contributed by atoms with Crippen molar-refractivity contribution in [2.24, 2.45) is 11.8 Å². The van der Waals surface area contributed by atoms with Crippen LogP contribution in [0.1, 0.15) is 38.1 Å². The van der Waals surface area contributed by atoms with Crippen molar-refractivity contribution in [2.45, 2.75) is 58.4 Å². The third-order valence-corrected chi connectivity index (χ3v) is 6.06. The third-order valence-electron chi connectivity index (χ3n) is 6.06. The fourth-order valence-corrected chi connectivity index (χ4v) is 4.51. The van der Waals surface area contributed by atoms with Crippen LogP contribution in [0.15, 0.2) is 6.07 Å². The second kappa shape index (κ2) is 7.82. The predicted octanol–water partition coefficient (Wildman–Crippen LogP) is 2.89. The van der Waals surface area contributed by atoms with Crippen molar-refractivity contribution in [3.63, 3.8) is 0 Å². The van der Waals surface area contributed by atoms with E-state index < -0.39 is 11.9 Å².